The SMILES string of the molecule is CCNC(c1cc(F)c(F)cc1Cl)c1sccc1OC. The summed E-state index contributed by atoms with van der Waals surface area (Å²) in [5, 5.41) is 5.29. The molecule has 6 heteroatoms. The second-order valence-electron chi connectivity index (χ2n) is 4.13. The molecule has 1 unspecified atom stereocenters. The summed E-state index contributed by atoms with van der Waals surface area (Å²) in [7, 11) is 1.57. The van der Waals surface area contributed by atoms with E-state index in [9.17, 15) is 8.78 Å². The van der Waals surface area contributed by atoms with Gasteiger partial charge in [0.25, 0.3) is 0 Å². The zero-order valence-corrected chi connectivity index (χ0v) is 12.6. The van der Waals surface area contributed by atoms with Crippen LogP contribution in [0.2, 0.25) is 5.02 Å². The maximum absolute atomic E-state index is 13.5. The van der Waals surface area contributed by atoms with Gasteiger partial charge in [0.1, 0.15) is 5.75 Å². The minimum absolute atomic E-state index is 0.185. The lowest BCUT2D eigenvalue weighted by molar-refractivity contribution is 0.407. The minimum Gasteiger partial charge on any atom is -0.496 e. The van der Waals surface area contributed by atoms with Crippen molar-refractivity contribution in [3.8, 4) is 5.75 Å². The maximum atomic E-state index is 13.5. The lowest BCUT2D eigenvalue weighted by atomic mass is 10.0. The van der Waals surface area contributed by atoms with Crippen LogP contribution in [0.4, 0.5) is 8.78 Å². The fourth-order valence-corrected chi connectivity index (χ4v) is 3.21. The Bertz CT molecular complexity index is 603. The second kappa shape index (κ2) is 6.52. The third-order valence-electron chi connectivity index (χ3n) is 2.90. The van der Waals surface area contributed by atoms with Gasteiger partial charge >= 0.3 is 0 Å². The van der Waals surface area contributed by atoms with Gasteiger partial charge in [0.15, 0.2) is 11.6 Å². The number of methoxy groups -OCH3 is 1. The Morgan fingerprint density at radius 3 is 2.70 bits per heavy atom. The summed E-state index contributed by atoms with van der Waals surface area (Å²) >= 11 is 7.53. The Balaban J connectivity index is 2.51. The van der Waals surface area contributed by atoms with Crippen molar-refractivity contribution in [3.05, 3.63) is 50.7 Å². The Morgan fingerprint density at radius 1 is 1.35 bits per heavy atom. The summed E-state index contributed by atoms with van der Waals surface area (Å²) in [5.74, 6) is -1.17. The van der Waals surface area contributed by atoms with Crippen LogP contribution >= 0.6 is 22.9 Å². The predicted octanol–water partition coefficient (Wildman–Crippen LogP) is 4.39. The summed E-state index contributed by atoms with van der Waals surface area (Å²) in [6, 6.07) is 3.62. The smallest absolute Gasteiger partial charge is 0.160 e. The standard InChI is InChI=1S/C14H14ClF2NOS/c1-3-18-13(14-12(19-2)4-5-20-14)8-6-10(16)11(17)7-9(8)15/h4-7,13,18H,3H2,1-2H3. The average molecular weight is 318 g/mol. The molecule has 2 aromatic rings. The topological polar surface area (TPSA) is 21.3 Å². The second-order valence-corrected chi connectivity index (χ2v) is 5.49. The van der Waals surface area contributed by atoms with Crippen LogP contribution in [0.25, 0.3) is 0 Å². The van der Waals surface area contributed by atoms with Crippen molar-refractivity contribution in [2.45, 2.75) is 13.0 Å². The van der Waals surface area contributed by atoms with Crippen molar-refractivity contribution in [1.29, 1.82) is 0 Å². The third-order valence-corrected chi connectivity index (χ3v) is 4.19. The van der Waals surface area contributed by atoms with Crippen LogP contribution in [0.1, 0.15) is 23.4 Å². The number of benzene rings is 1. The van der Waals surface area contributed by atoms with Crippen LogP contribution in [0.5, 0.6) is 5.75 Å². The average Bonchev–Trinajstić information content (AvgIpc) is 2.88. The van der Waals surface area contributed by atoms with Gasteiger partial charge < -0.3 is 10.1 Å². The molecule has 2 nitrogen and oxygen atoms in total. The Morgan fingerprint density at radius 2 is 2.05 bits per heavy atom. The molecule has 0 bridgehead atoms. The summed E-state index contributed by atoms with van der Waals surface area (Å²) in [4.78, 5) is 0.877. The van der Waals surface area contributed by atoms with Crippen molar-refractivity contribution in [2.75, 3.05) is 13.7 Å². The molecule has 1 heterocycles. The number of halogens is 3. The van der Waals surface area contributed by atoms with Crippen molar-refractivity contribution >= 4 is 22.9 Å². The molecule has 0 fully saturated rings. The number of hydrogen-bond donors (Lipinski definition) is 1. The molecule has 1 aromatic carbocycles. The van der Waals surface area contributed by atoms with Crippen LogP contribution in [-0.4, -0.2) is 13.7 Å². The highest BCUT2D eigenvalue weighted by Gasteiger charge is 2.23. The molecule has 0 aliphatic carbocycles. The highest BCUT2D eigenvalue weighted by molar-refractivity contribution is 7.10. The predicted molar refractivity (Wildman–Crippen MR) is 77.8 cm³/mol. The van der Waals surface area contributed by atoms with Gasteiger partial charge in [0.2, 0.25) is 0 Å². The fraction of sp³-hybridized carbons (Fsp3) is 0.286. The van der Waals surface area contributed by atoms with Gasteiger partial charge in [-0.25, -0.2) is 8.78 Å². The highest BCUT2D eigenvalue weighted by Crippen LogP contribution is 2.37. The number of rotatable bonds is 5. The van der Waals surface area contributed by atoms with Crippen LogP contribution in [0, 0.1) is 11.6 Å². The van der Waals surface area contributed by atoms with Gasteiger partial charge in [-0.2, -0.15) is 0 Å². The molecule has 2 rings (SSSR count). The Labute approximate surface area is 125 Å². The first-order chi connectivity index (χ1) is 9.58. The first-order valence-electron chi connectivity index (χ1n) is 6.07. The van der Waals surface area contributed by atoms with Crippen LogP contribution < -0.4 is 10.1 Å². The molecule has 0 aliphatic rings. The molecule has 108 valence electrons. The molecule has 0 saturated carbocycles. The van der Waals surface area contributed by atoms with E-state index in [1.54, 1.807) is 7.11 Å². The molecule has 0 radical (unpaired) electrons. The zero-order valence-electron chi connectivity index (χ0n) is 11.0. The first-order valence-corrected chi connectivity index (χ1v) is 7.33. The van der Waals surface area contributed by atoms with Crippen LogP contribution in [0.3, 0.4) is 0 Å². The number of nitrogens with one attached hydrogen (secondary N) is 1. The fourth-order valence-electron chi connectivity index (χ4n) is 2.00. The van der Waals surface area contributed by atoms with Gasteiger partial charge in [0.05, 0.1) is 18.0 Å². The lowest BCUT2D eigenvalue weighted by Gasteiger charge is -2.20. The number of ether oxygens (including phenoxy) is 1. The highest BCUT2D eigenvalue weighted by atomic mass is 35.5. The Kier molecular flexibility index (Phi) is 4.96. The minimum atomic E-state index is -0.952. The largest absolute Gasteiger partial charge is 0.496 e. The normalized spacial score (nSPS) is 12.4. The van der Waals surface area contributed by atoms with Gasteiger partial charge in [-0.05, 0) is 35.7 Å². The molecule has 0 spiro atoms. The molecule has 1 aromatic heterocycles. The van der Waals surface area contributed by atoms with Crippen molar-refractivity contribution in [1.82, 2.24) is 5.32 Å². The van der Waals surface area contributed by atoms with E-state index in [4.69, 9.17) is 16.3 Å². The van der Waals surface area contributed by atoms with Crippen LogP contribution in [0.15, 0.2) is 23.6 Å². The molecule has 0 aliphatic heterocycles. The van der Waals surface area contributed by atoms with E-state index in [0.29, 0.717) is 17.9 Å². The van der Waals surface area contributed by atoms with Gasteiger partial charge in [-0.3, -0.25) is 0 Å². The van der Waals surface area contributed by atoms with E-state index in [1.807, 2.05) is 18.4 Å². The molecular formula is C14H14ClF2NOS. The van der Waals surface area contributed by atoms with Gasteiger partial charge in [0, 0.05) is 5.02 Å². The summed E-state index contributed by atoms with van der Waals surface area (Å²) in [6.07, 6.45) is 0. The third kappa shape index (κ3) is 2.95. The quantitative estimate of drug-likeness (QED) is 0.826. The van der Waals surface area contributed by atoms with Gasteiger partial charge in [-0.1, -0.05) is 18.5 Å². The summed E-state index contributed by atoms with van der Waals surface area (Å²) < 4.78 is 32.0. The molecular weight excluding hydrogens is 304 g/mol. The van der Waals surface area contributed by atoms with Crippen molar-refractivity contribution < 1.29 is 13.5 Å². The van der Waals surface area contributed by atoms with E-state index >= 15 is 0 Å². The lowest BCUT2D eigenvalue weighted by Crippen LogP contribution is -2.22. The molecule has 0 amide bonds. The molecule has 1 N–H and O–H groups in total. The van der Waals surface area contributed by atoms with E-state index in [2.05, 4.69) is 5.32 Å². The summed E-state index contributed by atoms with van der Waals surface area (Å²) in [6.45, 7) is 2.59. The Hall–Kier alpha value is -1.17. The molecule has 0 saturated heterocycles. The maximum Gasteiger partial charge on any atom is 0.160 e. The van der Waals surface area contributed by atoms with E-state index in [0.717, 1.165) is 17.0 Å². The van der Waals surface area contributed by atoms with Crippen molar-refractivity contribution in [3.63, 3.8) is 0 Å². The summed E-state index contributed by atoms with van der Waals surface area (Å²) in [5.41, 5.74) is 0.494. The molecule has 1 atom stereocenters. The zero-order chi connectivity index (χ0) is 14.7. The van der Waals surface area contributed by atoms with E-state index in [1.165, 1.54) is 11.3 Å². The number of thiophene rings is 1. The van der Waals surface area contributed by atoms with E-state index in [-0.39, 0.29) is 11.1 Å². The first kappa shape index (κ1) is 15.2. The van der Waals surface area contributed by atoms with Gasteiger partial charge in [-0.15, -0.1) is 11.3 Å². The molecule has 20 heavy (non-hydrogen) atoms. The van der Waals surface area contributed by atoms with Crippen LogP contribution in [-0.2, 0) is 0 Å². The van der Waals surface area contributed by atoms with E-state index < -0.39 is 11.6 Å². The number of hydrogen-bond acceptors (Lipinski definition) is 3. The van der Waals surface area contributed by atoms with Crippen molar-refractivity contribution in [2.24, 2.45) is 0 Å². The monoisotopic (exact) mass is 317 g/mol.